The van der Waals surface area contributed by atoms with Gasteiger partial charge in [0.25, 0.3) is 0 Å². The number of benzene rings is 4. The Morgan fingerprint density at radius 1 is 0.688 bits per heavy atom. The molecule has 32 heavy (non-hydrogen) atoms. The van der Waals surface area contributed by atoms with Gasteiger partial charge in [-0.25, -0.2) is 4.98 Å². The van der Waals surface area contributed by atoms with Crippen LogP contribution in [0.25, 0.3) is 44.3 Å². The van der Waals surface area contributed by atoms with Gasteiger partial charge in [0.2, 0.25) is 0 Å². The Morgan fingerprint density at radius 3 is 1.84 bits per heavy atom. The maximum absolute atomic E-state index is 10.4. The van der Waals surface area contributed by atoms with Crippen molar-refractivity contribution in [1.29, 1.82) is 0 Å². The van der Waals surface area contributed by atoms with Gasteiger partial charge in [-0.15, -0.1) is 0 Å². The van der Waals surface area contributed by atoms with Crippen LogP contribution in [-0.4, -0.2) is 31.8 Å². The summed E-state index contributed by atoms with van der Waals surface area (Å²) in [7, 11) is 0. The number of hydrogen-bond acceptors (Lipinski definition) is 6. The molecule has 0 aliphatic carbocycles. The molecule has 0 spiro atoms. The van der Waals surface area contributed by atoms with E-state index in [0.29, 0.717) is 12.4 Å². The topological polar surface area (TPSA) is 88.4 Å². The molecule has 0 saturated carbocycles. The number of rotatable bonds is 5. The number of aromatic nitrogens is 3. The van der Waals surface area contributed by atoms with Crippen LogP contribution < -0.4 is 4.74 Å². The quantitative estimate of drug-likeness (QED) is 0.352. The normalized spacial score (nSPS) is 11.2. The first kappa shape index (κ1) is 19.8. The van der Waals surface area contributed by atoms with Crippen LogP contribution in [0.5, 0.6) is 17.5 Å². The first-order valence-corrected chi connectivity index (χ1v) is 10.5. The van der Waals surface area contributed by atoms with Gasteiger partial charge in [0, 0.05) is 5.56 Å². The minimum atomic E-state index is -0.119. The molecule has 0 saturated heterocycles. The minimum Gasteiger partial charge on any atom is -0.507 e. The highest BCUT2D eigenvalue weighted by molar-refractivity contribution is 6.11. The third kappa shape index (κ3) is 3.46. The van der Waals surface area contributed by atoms with Gasteiger partial charge in [-0.05, 0) is 46.2 Å². The van der Waals surface area contributed by atoms with Crippen LogP contribution in [0.15, 0.2) is 72.8 Å². The molecule has 5 aromatic rings. The molecular weight excluding hydrogens is 402 g/mol. The van der Waals surface area contributed by atoms with Crippen LogP contribution in [0, 0.1) is 0 Å². The monoisotopic (exact) mass is 423 g/mol. The lowest BCUT2D eigenvalue weighted by atomic mass is 9.96. The molecule has 6 heteroatoms. The van der Waals surface area contributed by atoms with E-state index in [2.05, 4.69) is 33.2 Å². The fourth-order valence-corrected chi connectivity index (χ4v) is 3.85. The summed E-state index contributed by atoms with van der Waals surface area (Å²) in [5.74, 6) is 0.322. The van der Waals surface area contributed by atoms with E-state index in [9.17, 15) is 10.2 Å². The smallest absolute Gasteiger partial charge is 0.320 e. The standard InChI is InChI=1S/C26H21N3O3/c1-2-14-32-26-28-24(27-25(29-26)23-20(30)12-7-13-21(23)31)22-18-10-5-3-8-16(18)15-17-9-4-6-11-19(17)22/h3-13,15,30-31H,2,14H2,1H3. The summed E-state index contributed by atoms with van der Waals surface area (Å²) in [5, 5.41) is 24.9. The Morgan fingerprint density at radius 2 is 1.25 bits per heavy atom. The predicted octanol–water partition coefficient (Wildman–Crippen LogP) is 5.71. The minimum absolute atomic E-state index is 0.119. The highest BCUT2D eigenvalue weighted by Gasteiger charge is 2.20. The van der Waals surface area contributed by atoms with Crippen molar-refractivity contribution < 1.29 is 14.9 Å². The second-order valence-corrected chi connectivity index (χ2v) is 7.48. The summed E-state index contributed by atoms with van der Waals surface area (Å²) in [6, 6.07) is 22.9. The second-order valence-electron chi connectivity index (χ2n) is 7.48. The summed E-state index contributed by atoms with van der Waals surface area (Å²) in [4.78, 5) is 13.7. The van der Waals surface area contributed by atoms with Gasteiger partial charge in [0.15, 0.2) is 11.6 Å². The van der Waals surface area contributed by atoms with Gasteiger partial charge in [0.05, 0.1) is 6.61 Å². The average Bonchev–Trinajstić information content (AvgIpc) is 2.81. The third-order valence-corrected chi connectivity index (χ3v) is 5.29. The molecule has 0 aliphatic heterocycles. The first-order valence-electron chi connectivity index (χ1n) is 10.5. The van der Waals surface area contributed by atoms with Crippen LogP contribution in [0.4, 0.5) is 0 Å². The first-order chi connectivity index (χ1) is 15.7. The van der Waals surface area contributed by atoms with Gasteiger partial charge in [-0.2, -0.15) is 9.97 Å². The van der Waals surface area contributed by atoms with Gasteiger partial charge in [0.1, 0.15) is 17.1 Å². The molecule has 4 aromatic carbocycles. The van der Waals surface area contributed by atoms with Crippen molar-refractivity contribution >= 4 is 21.5 Å². The Labute approximate surface area is 184 Å². The van der Waals surface area contributed by atoms with Crippen molar-refractivity contribution in [3.63, 3.8) is 0 Å². The Bertz CT molecular complexity index is 1380. The maximum Gasteiger partial charge on any atom is 0.320 e. The molecule has 5 rings (SSSR count). The number of ether oxygens (including phenoxy) is 1. The van der Waals surface area contributed by atoms with Crippen LogP contribution >= 0.6 is 0 Å². The number of phenols is 2. The molecule has 6 nitrogen and oxygen atoms in total. The summed E-state index contributed by atoms with van der Waals surface area (Å²) in [5.41, 5.74) is 0.987. The number of phenolic OH excluding ortho intramolecular Hbond substituents is 2. The fourth-order valence-electron chi connectivity index (χ4n) is 3.85. The molecular formula is C26H21N3O3. The lowest BCUT2D eigenvalue weighted by Crippen LogP contribution is -2.05. The molecule has 0 amide bonds. The van der Waals surface area contributed by atoms with Gasteiger partial charge in [-0.3, -0.25) is 0 Å². The van der Waals surface area contributed by atoms with Crippen molar-refractivity contribution in [1.82, 2.24) is 15.0 Å². The van der Waals surface area contributed by atoms with Crippen molar-refractivity contribution in [2.24, 2.45) is 0 Å². The molecule has 0 radical (unpaired) electrons. The molecule has 0 aliphatic rings. The fraction of sp³-hybridized carbons (Fsp3) is 0.115. The zero-order chi connectivity index (χ0) is 22.1. The van der Waals surface area contributed by atoms with Gasteiger partial charge >= 0.3 is 6.01 Å². The molecule has 0 unspecified atom stereocenters. The highest BCUT2D eigenvalue weighted by atomic mass is 16.5. The van der Waals surface area contributed by atoms with E-state index < -0.39 is 0 Å². The molecule has 0 fully saturated rings. The van der Waals surface area contributed by atoms with Crippen molar-refractivity contribution in [2.45, 2.75) is 13.3 Å². The zero-order valence-corrected chi connectivity index (χ0v) is 17.5. The Hall–Kier alpha value is -4.19. The summed E-state index contributed by atoms with van der Waals surface area (Å²) >= 11 is 0. The average molecular weight is 423 g/mol. The van der Waals surface area contributed by atoms with E-state index >= 15 is 0 Å². The van der Waals surface area contributed by atoms with Crippen LogP contribution in [0.2, 0.25) is 0 Å². The third-order valence-electron chi connectivity index (χ3n) is 5.29. The molecule has 1 aromatic heterocycles. The van der Waals surface area contributed by atoms with Crippen molar-refractivity contribution in [2.75, 3.05) is 6.61 Å². The number of hydrogen-bond donors (Lipinski definition) is 2. The van der Waals surface area contributed by atoms with Crippen LogP contribution in [0.3, 0.4) is 0 Å². The molecule has 2 N–H and O–H groups in total. The van der Waals surface area contributed by atoms with Crippen molar-refractivity contribution in [3.05, 3.63) is 72.8 Å². The number of aromatic hydroxyl groups is 2. The Kier molecular flexibility index (Phi) is 5.03. The number of fused-ring (bicyclic) bond motifs is 2. The molecule has 0 atom stereocenters. The lowest BCUT2D eigenvalue weighted by Gasteiger charge is -2.13. The highest BCUT2D eigenvalue weighted by Crippen LogP contribution is 2.39. The molecule has 0 bridgehead atoms. The second kappa shape index (κ2) is 8.15. The largest absolute Gasteiger partial charge is 0.507 e. The van der Waals surface area contributed by atoms with E-state index in [4.69, 9.17) is 4.74 Å². The lowest BCUT2D eigenvalue weighted by molar-refractivity contribution is 0.292. The Balaban J connectivity index is 1.84. The molecule has 158 valence electrons. The summed E-state index contributed by atoms with van der Waals surface area (Å²) < 4.78 is 5.76. The summed E-state index contributed by atoms with van der Waals surface area (Å²) in [6.07, 6.45) is 0.787. The van der Waals surface area contributed by atoms with Gasteiger partial charge < -0.3 is 14.9 Å². The van der Waals surface area contributed by atoms with Gasteiger partial charge in [-0.1, -0.05) is 61.5 Å². The van der Waals surface area contributed by atoms with E-state index in [0.717, 1.165) is 33.5 Å². The summed E-state index contributed by atoms with van der Waals surface area (Å²) in [6.45, 7) is 2.43. The predicted molar refractivity (Wildman–Crippen MR) is 125 cm³/mol. The zero-order valence-electron chi connectivity index (χ0n) is 17.5. The number of nitrogens with zero attached hydrogens (tertiary/aromatic N) is 3. The van der Waals surface area contributed by atoms with E-state index in [1.807, 2.05) is 43.3 Å². The SMILES string of the molecule is CCCOc1nc(-c2c(O)cccc2O)nc(-c2c3ccccc3cc3ccccc23)n1. The van der Waals surface area contributed by atoms with E-state index in [1.54, 1.807) is 6.07 Å². The maximum atomic E-state index is 10.4. The van der Waals surface area contributed by atoms with E-state index in [-0.39, 0.29) is 28.9 Å². The molecule has 1 heterocycles. The van der Waals surface area contributed by atoms with E-state index in [1.165, 1.54) is 12.1 Å². The van der Waals surface area contributed by atoms with Crippen LogP contribution in [-0.2, 0) is 0 Å². The van der Waals surface area contributed by atoms with Crippen LogP contribution in [0.1, 0.15) is 13.3 Å². The van der Waals surface area contributed by atoms with Crippen molar-refractivity contribution in [3.8, 4) is 40.3 Å².